The lowest BCUT2D eigenvalue weighted by atomic mass is 10.1. The quantitative estimate of drug-likeness (QED) is 0.782. The zero-order valence-corrected chi connectivity index (χ0v) is 12.1. The monoisotopic (exact) mass is 262 g/mol. The van der Waals surface area contributed by atoms with Crippen LogP contribution >= 0.6 is 0 Å². The van der Waals surface area contributed by atoms with Gasteiger partial charge in [0.15, 0.2) is 0 Å². The second kappa shape index (κ2) is 8.70. The molecule has 0 heterocycles. The van der Waals surface area contributed by atoms with E-state index in [4.69, 9.17) is 5.73 Å². The number of carbonyl (C=O) groups is 1. The highest BCUT2D eigenvalue weighted by Gasteiger charge is 2.16. The summed E-state index contributed by atoms with van der Waals surface area (Å²) in [6.07, 6.45) is 4.87. The van der Waals surface area contributed by atoms with E-state index in [1.165, 1.54) is 5.56 Å². The van der Waals surface area contributed by atoms with Crippen LogP contribution in [0.2, 0.25) is 0 Å². The second-order valence-corrected chi connectivity index (χ2v) is 5.10. The number of nitrogens with zero attached hydrogens (tertiary/aromatic N) is 1. The topological polar surface area (TPSA) is 46.3 Å². The normalized spacial score (nSPS) is 12.2. The second-order valence-electron chi connectivity index (χ2n) is 5.10. The van der Waals surface area contributed by atoms with Crippen molar-refractivity contribution in [2.45, 2.75) is 45.1 Å². The molecule has 3 nitrogen and oxygen atoms in total. The summed E-state index contributed by atoms with van der Waals surface area (Å²) in [5, 5.41) is 0. The van der Waals surface area contributed by atoms with Crippen molar-refractivity contribution in [1.82, 2.24) is 4.90 Å². The number of hydrogen-bond acceptors (Lipinski definition) is 2. The van der Waals surface area contributed by atoms with Crippen LogP contribution in [0.4, 0.5) is 0 Å². The van der Waals surface area contributed by atoms with E-state index in [-0.39, 0.29) is 11.9 Å². The third kappa shape index (κ3) is 5.88. The molecule has 1 rings (SSSR count). The zero-order valence-electron chi connectivity index (χ0n) is 12.1. The van der Waals surface area contributed by atoms with Gasteiger partial charge in [0.2, 0.25) is 5.91 Å². The average molecular weight is 262 g/mol. The molecule has 106 valence electrons. The molecule has 1 aromatic rings. The van der Waals surface area contributed by atoms with Crippen molar-refractivity contribution >= 4 is 5.91 Å². The van der Waals surface area contributed by atoms with Gasteiger partial charge in [-0.15, -0.1) is 0 Å². The fourth-order valence-electron chi connectivity index (χ4n) is 2.11. The molecule has 0 saturated carbocycles. The maximum absolute atomic E-state index is 12.0. The third-order valence-corrected chi connectivity index (χ3v) is 3.36. The molecule has 0 bridgehead atoms. The fourth-order valence-corrected chi connectivity index (χ4v) is 2.11. The predicted octanol–water partition coefficient (Wildman–Crippen LogP) is 2.60. The molecule has 0 aliphatic carbocycles. The van der Waals surface area contributed by atoms with E-state index in [0.717, 1.165) is 38.6 Å². The summed E-state index contributed by atoms with van der Waals surface area (Å²) in [7, 11) is 1.85. The highest BCUT2D eigenvalue weighted by atomic mass is 16.2. The van der Waals surface area contributed by atoms with Gasteiger partial charge in [-0.05, 0) is 24.8 Å². The molecule has 19 heavy (non-hydrogen) atoms. The third-order valence-electron chi connectivity index (χ3n) is 3.36. The number of rotatable bonds is 8. The number of benzene rings is 1. The lowest BCUT2D eigenvalue weighted by molar-refractivity contribution is -0.131. The van der Waals surface area contributed by atoms with Crippen molar-refractivity contribution in [2.75, 3.05) is 13.6 Å². The van der Waals surface area contributed by atoms with Crippen LogP contribution in [0, 0.1) is 0 Å². The van der Waals surface area contributed by atoms with Crippen molar-refractivity contribution in [3.8, 4) is 0 Å². The van der Waals surface area contributed by atoms with Crippen LogP contribution in [0.1, 0.15) is 38.2 Å². The zero-order chi connectivity index (χ0) is 14.1. The van der Waals surface area contributed by atoms with E-state index < -0.39 is 0 Å². The van der Waals surface area contributed by atoms with Gasteiger partial charge in [-0.25, -0.2) is 0 Å². The molecular weight excluding hydrogens is 236 g/mol. The van der Waals surface area contributed by atoms with Crippen LogP contribution in [0.15, 0.2) is 30.3 Å². The van der Waals surface area contributed by atoms with Crippen LogP contribution < -0.4 is 5.73 Å². The van der Waals surface area contributed by atoms with E-state index in [9.17, 15) is 4.79 Å². The van der Waals surface area contributed by atoms with Gasteiger partial charge < -0.3 is 10.6 Å². The minimum atomic E-state index is -0.332. The minimum Gasteiger partial charge on any atom is -0.344 e. The Hall–Kier alpha value is -1.35. The van der Waals surface area contributed by atoms with Gasteiger partial charge in [-0.1, -0.05) is 50.1 Å². The Kier molecular flexibility index (Phi) is 7.19. The molecule has 0 fully saturated rings. The molecule has 0 aliphatic heterocycles. The number of hydrogen-bond donors (Lipinski definition) is 1. The molecule has 0 spiro atoms. The Morgan fingerprint density at radius 1 is 1.26 bits per heavy atom. The van der Waals surface area contributed by atoms with Gasteiger partial charge in [0.1, 0.15) is 0 Å². The van der Waals surface area contributed by atoms with E-state index in [1.807, 2.05) is 25.2 Å². The molecule has 1 atom stereocenters. The standard InChI is InChI=1S/C16H26N2O/c1-3-4-12-15(17)16(19)18(2)13-8-11-14-9-6-5-7-10-14/h5-7,9-10,15H,3-4,8,11-13,17H2,1-2H3/t15-/m0/s1. The van der Waals surface area contributed by atoms with Crippen molar-refractivity contribution in [1.29, 1.82) is 0 Å². The molecule has 3 heteroatoms. The van der Waals surface area contributed by atoms with Gasteiger partial charge in [0, 0.05) is 13.6 Å². The van der Waals surface area contributed by atoms with Crippen molar-refractivity contribution in [3.05, 3.63) is 35.9 Å². The molecule has 1 amide bonds. The van der Waals surface area contributed by atoms with Gasteiger partial charge >= 0.3 is 0 Å². The molecule has 2 N–H and O–H groups in total. The van der Waals surface area contributed by atoms with E-state index in [1.54, 1.807) is 4.90 Å². The van der Waals surface area contributed by atoms with Gasteiger partial charge in [-0.2, -0.15) is 0 Å². The number of aryl methyl sites for hydroxylation is 1. The lowest BCUT2D eigenvalue weighted by Gasteiger charge is -2.21. The Morgan fingerprint density at radius 2 is 1.95 bits per heavy atom. The Labute approximate surface area is 116 Å². The summed E-state index contributed by atoms with van der Waals surface area (Å²) in [6, 6.07) is 10.0. The van der Waals surface area contributed by atoms with Crippen LogP contribution in [-0.2, 0) is 11.2 Å². The first-order chi connectivity index (χ1) is 9.15. The summed E-state index contributed by atoms with van der Waals surface area (Å²) in [6.45, 7) is 2.88. The summed E-state index contributed by atoms with van der Waals surface area (Å²) in [4.78, 5) is 13.8. The molecule has 1 aromatic carbocycles. The molecule has 0 radical (unpaired) electrons. The van der Waals surface area contributed by atoms with E-state index in [2.05, 4.69) is 19.1 Å². The number of likely N-dealkylation sites (N-methyl/N-ethyl adjacent to an activating group) is 1. The van der Waals surface area contributed by atoms with Crippen molar-refractivity contribution in [3.63, 3.8) is 0 Å². The first-order valence-electron chi connectivity index (χ1n) is 7.19. The van der Waals surface area contributed by atoms with Crippen molar-refractivity contribution in [2.24, 2.45) is 5.73 Å². The summed E-state index contributed by atoms with van der Waals surface area (Å²) >= 11 is 0. The van der Waals surface area contributed by atoms with Crippen LogP contribution in [-0.4, -0.2) is 30.4 Å². The van der Waals surface area contributed by atoms with Gasteiger partial charge in [0.05, 0.1) is 6.04 Å². The maximum Gasteiger partial charge on any atom is 0.239 e. The number of unbranched alkanes of at least 4 members (excludes halogenated alkanes) is 1. The summed E-state index contributed by atoms with van der Waals surface area (Å²) < 4.78 is 0. The van der Waals surface area contributed by atoms with Crippen LogP contribution in [0.5, 0.6) is 0 Å². The summed E-state index contributed by atoms with van der Waals surface area (Å²) in [5.41, 5.74) is 7.21. The SMILES string of the molecule is CCCC[C@H](N)C(=O)N(C)CCCc1ccccc1. The number of carbonyl (C=O) groups excluding carboxylic acids is 1. The maximum atomic E-state index is 12.0. The highest BCUT2D eigenvalue weighted by Crippen LogP contribution is 2.05. The van der Waals surface area contributed by atoms with Crippen LogP contribution in [0.25, 0.3) is 0 Å². The van der Waals surface area contributed by atoms with E-state index in [0.29, 0.717) is 0 Å². The van der Waals surface area contributed by atoms with Crippen LogP contribution in [0.3, 0.4) is 0 Å². The predicted molar refractivity (Wildman–Crippen MR) is 79.9 cm³/mol. The van der Waals surface area contributed by atoms with Gasteiger partial charge in [0.25, 0.3) is 0 Å². The molecule has 0 saturated heterocycles. The average Bonchev–Trinajstić information content (AvgIpc) is 2.44. The fraction of sp³-hybridized carbons (Fsp3) is 0.562. The first-order valence-corrected chi connectivity index (χ1v) is 7.19. The van der Waals surface area contributed by atoms with E-state index >= 15 is 0 Å². The first kappa shape index (κ1) is 15.7. The molecule has 0 aliphatic rings. The van der Waals surface area contributed by atoms with Gasteiger partial charge in [-0.3, -0.25) is 4.79 Å². The summed E-state index contributed by atoms with van der Waals surface area (Å²) in [5.74, 6) is 0.0708. The Balaban J connectivity index is 2.26. The largest absolute Gasteiger partial charge is 0.344 e. The Bertz CT molecular complexity index is 364. The Morgan fingerprint density at radius 3 is 2.58 bits per heavy atom. The smallest absolute Gasteiger partial charge is 0.239 e. The molecule has 0 aromatic heterocycles. The highest BCUT2D eigenvalue weighted by molar-refractivity contribution is 5.81. The molecular formula is C16H26N2O. The van der Waals surface area contributed by atoms with Crippen molar-refractivity contribution < 1.29 is 4.79 Å². The minimum absolute atomic E-state index is 0.0708. The lowest BCUT2D eigenvalue weighted by Crippen LogP contribution is -2.42. The number of nitrogens with two attached hydrogens (primary N) is 1. The number of amides is 1. The molecule has 0 unspecified atom stereocenters.